The molecule has 0 aliphatic carbocycles. The van der Waals surface area contributed by atoms with Crippen molar-refractivity contribution in [3.63, 3.8) is 0 Å². The molecule has 0 aliphatic heterocycles. The van der Waals surface area contributed by atoms with E-state index in [1.807, 2.05) is 6.92 Å². The van der Waals surface area contributed by atoms with Gasteiger partial charge in [-0.05, 0) is 12.6 Å². The molecule has 68 valence electrons. The summed E-state index contributed by atoms with van der Waals surface area (Å²) in [4.78, 5) is 0. The van der Waals surface area contributed by atoms with Gasteiger partial charge in [0.25, 0.3) is 0 Å². The van der Waals surface area contributed by atoms with E-state index in [1.54, 1.807) is 0 Å². The molecule has 0 bridgehead atoms. The van der Waals surface area contributed by atoms with E-state index in [2.05, 4.69) is 5.10 Å². The Labute approximate surface area is 117 Å². The number of hydrogen-bond donors (Lipinski definition) is 0. The molecule has 2 nitrogen and oxygen atoms in total. The van der Waals surface area contributed by atoms with E-state index in [-0.39, 0.29) is 51.4 Å². The minimum absolute atomic E-state index is 0. The maximum absolute atomic E-state index is 12.1. The molecule has 7 heteroatoms. The number of aromatic nitrogens is 2. The summed E-state index contributed by atoms with van der Waals surface area (Å²) in [7, 11) is 0. The van der Waals surface area contributed by atoms with Gasteiger partial charge < -0.3 is 12.9 Å². The molecule has 0 N–H and O–H groups in total. The van der Waals surface area contributed by atoms with Crippen molar-refractivity contribution in [2.45, 2.75) is 19.9 Å². The van der Waals surface area contributed by atoms with Crippen LogP contribution >= 0.6 is 0 Å². The number of halogens is 3. The predicted molar refractivity (Wildman–Crippen MR) is 41.2 cm³/mol. The second kappa shape index (κ2) is 5.55. The Morgan fingerprint density at radius 2 is 2.08 bits per heavy atom. The molecule has 13 heavy (non-hydrogen) atoms. The summed E-state index contributed by atoms with van der Waals surface area (Å²) in [6, 6.07) is 0. The van der Waals surface area contributed by atoms with Crippen LogP contribution in [0.2, 0.25) is 0 Å². The zero-order valence-electron chi connectivity index (χ0n) is 7.67. The van der Waals surface area contributed by atoms with Crippen molar-refractivity contribution in [2.75, 3.05) is 0 Å². The molecule has 0 saturated heterocycles. The van der Waals surface area contributed by atoms with Gasteiger partial charge in [0.05, 0.1) is 0 Å². The van der Waals surface area contributed by atoms with E-state index in [0.717, 1.165) is 18.8 Å². The van der Waals surface area contributed by atoms with Crippen LogP contribution in [0, 0.1) is 0 Å². The van der Waals surface area contributed by atoms with Gasteiger partial charge in [-0.2, -0.15) is 5.10 Å². The Morgan fingerprint density at radius 3 is 2.46 bits per heavy atom. The normalized spacial score (nSPS) is 11.1. The topological polar surface area (TPSA) is 17.8 Å². The number of aryl methyl sites for hydroxylation is 1. The molecular formula is C6H9BF3KN2. The maximum atomic E-state index is 12.1. The molecule has 0 radical (unpaired) electrons. The summed E-state index contributed by atoms with van der Waals surface area (Å²) in [6.07, 6.45) is 2.70. The first kappa shape index (κ1) is 13.7. The standard InChI is InChI=1S/C6H9BF3N2.K/c1-2-3-12-5-6(4-11-12)7(8,9)10;/h4-5H,2-3H2,1H3;/q-1;+1. The van der Waals surface area contributed by atoms with Crippen LogP contribution < -0.4 is 56.8 Å². The minimum Gasteiger partial charge on any atom is -0.445 e. The van der Waals surface area contributed by atoms with Gasteiger partial charge in [0, 0.05) is 12.7 Å². The summed E-state index contributed by atoms with van der Waals surface area (Å²) in [5.74, 6) is 0. The van der Waals surface area contributed by atoms with Gasteiger partial charge >= 0.3 is 58.4 Å². The van der Waals surface area contributed by atoms with Crippen molar-refractivity contribution in [1.82, 2.24) is 9.78 Å². The van der Waals surface area contributed by atoms with Crippen molar-refractivity contribution in [3.8, 4) is 0 Å². The third-order valence-corrected chi connectivity index (χ3v) is 1.48. The fourth-order valence-electron chi connectivity index (χ4n) is 0.900. The van der Waals surface area contributed by atoms with E-state index < -0.39 is 12.4 Å². The van der Waals surface area contributed by atoms with Crippen LogP contribution in [0.1, 0.15) is 13.3 Å². The molecule has 1 aromatic heterocycles. The maximum Gasteiger partial charge on any atom is 1.00 e. The SMILES string of the molecule is CCCn1cc([B-](F)(F)F)cn1.[K+]. The zero-order valence-corrected chi connectivity index (χ0v) is 10.8. The Hall–Kier alpha value is 0.701. The smallest absolute Gasteiger partial charge is 0.445 e. The average Bonchev–Trinajstić information content (AvgIpc) is 2.35. The molecule has 0 fully saturated rings. The third kappa shape index (κ3) is 4.16. The Bertz CT molecular complexity index is 261. The van der Waals surface area contributed by atoms with Gasteiger partial charge in [-0.25, -0.2) is 0 Å². The molecule has 0 aromatic carbocycles. The largest absolute Gasteiger partial charge is 1.00 e. The Kier molecular flexibility index (Phi) is 5.85. The van der Waals surface area contributed by atoms with Crippen molar-refractivity contribution in [2.24, 2.45) is 0 Å². The van der Waals surface area contributed by atoms with Crippen LogP contribution in [0.5, 0.6) is 0 Å². The zero-order chi connectivity index (χ0) is 9.19. The van der Waals surface area contributed by atoms with Crippen LogP contribution in [-0.2, 0) is 6.54 Å². The van der Waals surface area contributed by atoms with Crippen LogP contribution in [0.3, 0.4) is 0 Å². The summed E-state index contributed by atoms with van der Waals surface area (Å²) in [6.45, 7) is -2.46. The van der Waals surface area contributed by atoms with E-state index in [4.69, 9.17) is 0 Å². The second-order valence-corrected chi connectivity index (χ2v) is 2.61. The fourth-order valence-corrected chi connectivity index (χ4v) is 0.900. The number of nitrogens with zero attached hydrogens (tertiary/aromatic N) is 2. The third-order valence-electron chi connectivity index (χ3n) is 1.48. The van der Waals surface area contributed by atoms with E-state index in [0.29, 0.717) is 6.54 Å². The molecular weight excluding hydrogens is 207 g/mol. The summed E-state index contributed by atoms with van der Waals surface area (Å²) >= 11 is 0. The number of hydrogen-bond acceptors (Lipinski definition) is 1. The fraction of sp³-hybridized carbons (Fsp3) is 0.500. The van der Waals surface area contributed by atoms with Crippen molar-refractivity contribution < 1.29 is 64.3 Å². The number of rotatable bonds is 3. The minimum atomic E-state index is -4.88. The van der Waals surface area contributed by atoms with Crippen molar-refractivity contribution >= 4 is 12.4 Å². The predicted octanol–water partition coefficient (Wildman–Crippen LogP) is -1.65. The van der Waals surface area contributed by atoms with E-state index in [1.165, 1.54) is 4.68 Å². The van der Waals surface area contributed by atoms with Gasteiger partial charge in [0.15, 0.2) is 0 Å². The van der Waals surface area contributed by atoms with Gasteiger partial charge in [-0.3, -0.25) is 4.68 Å². The molecule has 0 saturated carbocycles. The molecule has 1 heterocycles. The quantitative estimate of drug-likeness (QED) is 0.553. The molecule has 1 rings (SSSR count). The van der Waals surface area contributed by atoms with Gasteiger partial charge in [0.1, 0.15) is 0 Å². The first-order valence-corrected chi connectivity index (χ1v) is 3.76. The van der Waals surface area contributed by atoms with Crippen molar-refractivity contribution in [3.05, 3.63) is 12.4 Å². The molecule has 0 aliphatic rings. The Balaban J connectivity index is 0.00000144. The van der Waals surface area contributed by atoms with E-state index in [9.17, 15) is 12.9 Å². The molecule has 1 aromatic rings. The first-order valence-electron chi connectivity index (χ1n) is 3.76. The van der Waals surface area contributed by atoms with Crippen LogP contribution in [-0.4, -0.2) is 16.8 Å². The van der Waals surface area contributed by atoms with Crippen LogP contribution in [0.15, 0.2) is 12.4 Å². The van der Waals surface area contributed by atoms with Gasteiger partial charge in [-0.15, -0.1) is 0 Å². The van der Waals surface area contributed by atoms with Crippen LogP contribution in [0.25, 0.3) is 0 Å². The summed E-state index contributed by atoms with van der Waals surface area (Å²) in [5, 5.41) is 3.58. The van der Waals surface area contributed by atoms with Gasteiger partial charge in [0.2, 0.25) is 0 Å². The molecule has 0 spiro atoms. The summed E-state index contributed by atoms with van der Waals surface area (Å²) in [5.41, 5.74) is -0.622. The van der Waals surface area contributed by atoms with Crippen molar-refractivity contribution in [1.29, 1.82) is 0 Å². The van der Waals surface area contributed by atoms with E-state index >= 15 is 0 Å². The van der Waals surface area contributed by atoms with Gasteiger partial charge in [-0.1, -0.05) is 12.4 Å². The van der Waals surface area contributed by atoms with Crippen LogP contribution in [0.4, 0.5) is 12.9 Å². The molecule has 0 amide bonds. The monoisotopic (exact) mass is 216 g/mol. The first-order chi connectivity index (χ1) is 5.54. The second-order valence-electron chi connectivity index (χ2n) is 2.61. The average molecular weight is 216 g/mol. The molecule has 0 unspecified atom stereocenters. The molecule has 0 atom stereocenters. The summed E-state index contributed by atoms with van der Waals surface area (Å²) < 4.78 is 37.5. The Morgan fingerprint density at radius 1 is 1.46 bits per heavy atom.